The van der Waals surface area contributed by atoms with Crippen LogP contribution in [0.2, 0.25) is 0 Å². The van der Waals surface area contributed by atoms with E-state index in [9.17, 15) is 14.4 Å². The second kappa shape index (κ2) is 7.20. The number of hydrogen-bond acceptors (Lipinski definition) is 5. The van der Waals surface area contributed by atoms with Crippen molar-refractivity contribution in [3.63, 3.8) is 0 Å². The Labute approximate surface area is 164 Å². The van der Waals surface area contributed by atoms with Crippen molar-refractivity contribution >= 4 is 28.8 Å². The first kappa shape index (κ1) is 18.4. The second-order valence-electron chi connectivity index (χ2n) is 7.27. The number of carbonyl (C=O) groups excluding carboxylic acids is 3. The van der Waals surface area contributed by atoms with Crippen LogP contribution < -0.4 is 9.80 Å². The summed E-state index contributed by atoms with van der Waals surface area (Å²) in [5.74, 6) is -0.0735. The Kier molecular flexibility index (Phi) is 4.73. The number of piperazine rings is 1. The largest absolute Gasteiger partial charge is 0.369 e. The summed E-state index contributed by atoms with van der Waals surface area (Å²) >= 11 is 0. The molecule has 2 aliphatic rings. The molecular weight excluding hydrogens is 354 g/mol. The zero-order chi connectivity index (χ0) is 19.8. The van der Waals surface area contributed by atoms with Gasteiger partial charge in [0.05, 0.1) is 5.69 Å². The molecule has 1 amide bonds. The second-order valence-corrected chi connectivity index (χ2v) is 7.27. The third-order valence-corrected chi connectivity index (χ3v) is 5.55. The number of Topliss-reactive ketones (excluding diaryl/α,β-unsaturated/α-hetero) is 2. The predicted octanol–water partition coefficient (Wildman–Crippen LogP) is 2.59. The lowest BCUT2D eigenvalue weighted by molar-refractivity contribution is -0.117. The van der Waals surface area contributed by atoms with Crippen LogP contribution in [0.4, 0.5) is 11.4 Å². The van der Waals surface area contributed by atoms with Gasteiger partial charge >= 0.3 is 0 Å². The van der Waals surface area contributed by atoms with Gasteiger partial charge in [0.1, 0.15) is 0 Å². The number of ketones is 2. The van der Waals surface area contributed by atoms with Crippen molar-refractivity contribution in [2.75, 3.05) is 36.0 Å². The fourth-order valence-electron chi connectivity index (χ4n) is 4.08. The van der Waals surface area contributed by atoms with Gasteiger partial charge in [0, 0.05) is 49.9 Å². The third-order valence-electron chi connectivity index (χ3n) is 5.55. The van der Waals surface area contributed by atoms with E-state index in [0.29, 0.717) is 29.9 Å². The monoisotopic (exact) mass is 377 g/mol. The summed E-state index contributed by atoms with van der Waals surface area (Å²) in [6.45, 7) is 5.95. The molecule has 0 aromatic heterocycles. The minimum absolute atomic E-state index is 0.00920. The number of rotatable bonds is 3. The smallest absolute Gasteiger partial charge is 0.225 e. The number of carbonyl (C=O) groups is 3. The molecule has 0 spiro atoms. The van der Waals surface area contributed by atoms with Gasteiger partial charge in [0.15, 0.2) is 11.9 Å². The summed E-state index contributed by atoms with van der Waals surface area (Å²) in [6.07, 6.45) is -0.558. The molecule has 2 aromatic carbocycles. The highest BCUT2D eigenvalue weighted by atomic mass is 16.2. The molecule has 2 heterocycles. The molecule has 1 fully saturated rings. The maximum Gasteiger partial charge on any atom is 0.225 e. The predicted molar refractivity (Wildman–Crippen MR) is 108 cm³/mol. The Morgan fingerprint density at radius 1 is 0.893 bits per heavy atom. The first-order valence-corrected chi connectivity index (χ1v) is 9.50. The molecule has 1 saturated heterocycles. The highest BCUT2D eigenvalue weighted by Crippen LogP contribution is 2.34. The van der Waals surface area contributed by atoms with Gasteiger partial charge in [0.2, 0.25) is 11.7 Å². The van der Waals surface area contributed by atoms with Gasteiger partial charge in [-0.2, -0.15) is 0 Å². The summed E-state index contributed by atoms with van der Waals surface area (Å²) in [5, 5.41) is 0. The van der Waals surface area contributed by atoms with Crippen LogP contribution >= 0.6 is 0 Å². The standard InChI is InChI=1S/C22H23N3O3/c1-15(26)17-7-9-18(10-8-17)23-11-13-24(14-12-23)22-21(28)19-5-3-4-6-20(19)25(22)16(2)27/h3-10,22H,11-14H2,1-2H3/t22-/m1/s1. The highest BCUT2D eigenvalue weighted by Gasteiger charge is 2.43. The summed E-state index contributed by atoms with van der Waals surface area (Å²) in [6, 6.07) is 14.9. The molecule has 2 aromatic rings. The van der Waals surface area contributed by atoms with E-state index in [-0.39, 0.29) is 17.5 Å². The fraction of sp³-hybridized carbons (Fsp3) is 0.318. The number of anilines is 2. The van der Waals surface area contributed by atoms with Gasteiger partial charge in [-0.25, -0.2) is 0 Å². The normalized spacial score (nSPS) is 19.6. The van der Waals surface area contributed by atoms with E-state index in [2.05, 4.69) is 9.80 Å². The minimum atomic E-state index is -0.558. The van der Waals surface area contributed by atoms with Crippen LogP contribution in [-0.4, -0.2) is 54.7 Å². The van der Waals surface area contributed by atoms with Crippen LogP contribution in [0, 0.1) is 0 Å². The van der Waals surface area contributed by atoms with Crippen molar-refractivity contribution in [3.8, 4) is 0 Å². The van der Waals surface area contributed by atoms with Crippen LogP contribution in [0.25, 0.3) is 0 Å². The van der Waals surface area contributed by atoms with Gasteiger partial charge in [-0.15, -0.1) is 0 Å². The molecule has 0 N–H and O–H groups in total. The van der Waals surface area contributed by atoms with Crippen LogP contribution in [-0.2, 0) is 4.79 Å². The summed E-state index contributed by atoms with van der Waals surface area (Å²) in [4.78, 5) is 42.7. The number of para-hydroxylation sites is 1. The van der Waals surface area contributed by atoms with Gasteiger partial charge in [-0.3, -0.25) is 24.2 Å². The van der Waals surface area contributed by atoms with Crippen molar-refractivity contribution in [1.82, 2.24) is 4.90 Å². The topological polar surface area (TPSA) is 60.9 Å². The van der Waals surface area contributed by atoms with Gasteiger partial charge < -0.3 is 4.90 Å². The Morgan fingerprint density at radius 3 is 2.14 bits per heavy atom. The zero-order valence-corrected chi connectivity index (χ0v) is 16.1. The molecule has 6 heteroatoms. The van der Waals surface area contributed by atoms with Crippen LogP contribution in [0.5, 0.6) is 0 Å². The Balaban J connectivity index is 1.50. The van der Waals surface area contributed by atoms with E-state index in [1.807, 2.05) is 42.5 Å². The molecule has 4 rings (SSSR count). The number of amides is 1. The number of hydrogen-bond donors (Lipinski definition) is 0. The van der Waals surface area contributed by atoms with E-state index in [0.717, 1.165) is 18.8 Å². The van der Waals surface area contributed by atoms with Gasteiger partial charge in [-0.1, -0.05) is 12.1 Å². The minimum Gasteiger partial charge on any atom is -0.369 e. The fourth-order valence-corrected chi connectivity index (χ4v) is 4.08. The van der Waals surface area contributed by atoms with Gasteiger partial charge in [-0.05, 0) is 43.3 Å². The van der Waals surface area contributed by atoms with Crippen LogP contribution in [0.15, 0.2) is 48.5 Å². The molecule has 0 unspecified atom stereocenters. The number of nitrogens with zero attached hydrogens (tertiary/aromatic N) is 3. The van der Waals surface area contributed by atoms with Gasteiger partial charge in [0.25, 0.3) is 0 Å². The molecule has 144 valence electrons. The van der Waals surface area contributed by atoms with E-state index in [1.54, 1.807) is 17.9 Å². The number of fused-ring (bicyclic) bond motifs is 1. The van der Waals surface area contributed by atoms with Crippen molar-refractivity contribution in [1.29, 1.82) is 0 Å². The van der Waals surface area contributed by atoms with Crippen molar-refractivity contribution in [3.05, 3.63) is 59.7 Å². The average Bonchev–Trinajstić information content (AvgIpc) is 3.01. The highest BCUT2D eigenvalue weighted by molar-refractivity contribution is 6.17. The lowest BCUT2D eigenvalue weighted by Gasteiger charge is -2.40. The van der Waals surface area contributed by atoms with E-state index >= 15 is 0 Å². The molecule has 6 nitrogen and oxygen atoms in total. The van der Waals surface area contributed by atoms with E-state index in [1.165, 1.54) is 6.92 Å². The van der Waals surface area contributed by atoms with Crippen molar-refractivity contribution in [2.24, 2.45) is 0 Å². The van der Waals surface area contributed by atoms with Crippen molar-refractivity contribution < 1.29 is 14.4 Å². The Hall–Kier alpha value is -2.99. The van der Waals surface area contributed by atoms with Crippen LogP contribution in [0.3, 0.4) is 0 Å². The molecule has 28 heavy (non-hydrogen) atoms. The molecule has 0 radical (unpaired) electrons. The molecule has 1 atom stereocenters. The number of benzene rings is 2. The first-order valence-electron chi connectivity index (χ1n) is 9.50. The quantitative estimate of drug-likeness (QED) is 0.770. The van der Waals surface area contributed by atoms with E-state index in [4.69, 9.17) is 0 Å². The Morgan fingerprint density at radius 2 is 1.54 bits per heavy atom. The maximum absolute atomic E-state index is 13.0. The molecule has 0 saturated carbocycles. The zero-order valence-electron chi connectivity index (χ0n) is 16.1. The first-order chi connectivity index (χ1) is 13.5. The third kappa shape index (κ3) is 3.10. The molecule has 0 bridgehead atoms. The summed E-state index contributed by atoms with van der Waals surface area (Å²) in [7, 11) is 0. The summed E-state index contributed by atoms with van der Waals surface area (Å²) in [5.41, 5.74) is 3.08. The average molecular weight is 377 g/mol. The SMILES string of the molecule is CC(=O)c1ccc(N2CCN([C@H]3C(=O)c4ccccc4N3C(C)=O)CC2)cc1. The van der Waals surface area contributed by atoms with Crippen molar-refractivity contribution in [2.45, 2.75) is 20.0 Å². The lowest BCUT2D eigenvalue weighted by Crippen LogP contribution is -2.58. The lowest BCUT2D eigenvalue weighted by atomic mass is 10.1. The van der Waals surface area contributed by atoms with Crippen LogP contribution in [0.1, 0.15) is 34.6 Å². The van der Waals surface area contributed by atoms with E-state index < -0.39 is 6.17 Å². The Bertz CT molecular complexity index is 930. The maximum atomic E-state index is 13.0. The molecular formula is C22H23N3O3. The molecule has 0 aliphatic carbocycles. The molecule has 2 aliphatic heterocycles. The summed E-state index contributed by atoms with van der Waals surface area (Å²) < 4.78 is 0.